The summed E-state index contributed by atoms with van der Waals surface area (Å²) in [5.41, 5.74) is 3.30. The maximum atomic E-state index is 11.8. The van der Waals surface area contributed by atoms with Crippen LogP contribution in [-0.2, 0) is 17.9 Å². The molecule has 0 radical (unpaired) electrons. The van der Waals surface area contributed by atoms with Crippen molar-refractivity contribution in [2.75, 3.05) is 13.1 Å². The minimum absolute atomic E-state index is 0.0289. The van der Waals surface area contributed by atoms with Crippen molar-refractivity contribution in [2.45, 2.75) is 26.4 Å². The van der Waals surface area contributed by atoms with Gasteiger partial charge in [0.05, 0.1) is 18.0 Å². The fourth-order valence-corrected chi connectivity index (χ4v) is 3.45. The van der Waals surface area contributed by atoms with E-state index in [1.54, 1.807) is 11.3 Å². The van der Waals surface area contributed by atoms with Crippen LogP contribution in [-0.4, -0.2) is 28.8 Å². The lowest BCUT2D eigenvalue weighted by Crippen LogP contribution is -2.33. The third-order valence-electron chi connectivity index (χ3n) is 3.95. The number of hydrogen-bond acceptors (Lipinski definition) is 4. The number of benzene rings is 1. The lowest BCUT2D eigenvalue weighted by atomic mass is 10.2. The molecule has 0 unspecified atom stereocenters. The highest BCUT2D eigenvalue weighted by Gasteiger charge is 2.13. The minimum Gasteiger partial charge on any atom is -0.355 e. The third kappa shape index (κ3) is 5.03. The van der Waals surface area contributed by atoms with Crippen molar-refractivity contribution in [3.63, 3.8) is 0 Å². The molecule has 0 fully saturated rings. The van der Waals surface area contributed by atoms with Gasteiger partial charge in [0.2, 0.25) is 5.91 Å². The number of nitrogens with one attached hydrogen (secondary N) is 2. The molecule has 0 saturated carbocycles. The van der Waals surface area contributed by atoms with E-state index in [0.29, 0.717) is 13.1 Å². The molecule has 0 atom stereocenters. The van der Waals surface area contributed by atoms with Crippen molar-refractivity contribution in [3.05, 3.63) is 65.2 Å². The topological polar surface area (TPSA) is 59.0 Å². The molecule has 3 aromatic rings. The molecule has 5 nitrogen and oxygen atoms in total. The zero-order valence-corrected chi connectivity index (χ0v) is 15.8. The predicted octanol–water partition coefficient (Wildman–Crippen LogP) is 3.28. The molecule has 3 rings (SSSR count). The molecule has 0 spiro atoms. The van der Waals surface area contributed by atoms with Crippen molar-refractivity contribution in [1.82, 2.24) is 20.4 Å². The molecule has 6 heteroatoms. The van der Waals surface area contributed by atoms with Crippen LogP contribution in [0.2, 0.25) is 0 Å². The van der Waals surface area contributed by atoms with Crippen LogP contribution in [0.3, 0.4) is 0 Å². The average Bonchev–Trinajstić information content (AvgIpc) is 3.30. The van der Waals surface area contributed by atoms with Crippen LogP contribution in [0, 0.1) is 0 Å². The molecular weight excluding hydrogens is 344 g/mol. The summed E-state index contributed by atoms with van der Waals surface area (Å²) in [4.78, 5) is 12.9. The van der Waals surface area contributed by atoms with Gasteiger partial charge in [-0.1, -0.05) is 43.3 Å². The molecule has 1 aromatic carbocycles. The normalized spacial score (nSPS) is 10.8. The van der Waals surface area contributed by atoms with Gasteiger partial charge in [0.1, 0.15) is 5.69 Å². The highest BCUT2D eigenvalue weighted by atomic mass is 32.1. The first-order valence-corrected chi connectivity index (χ1v) is 9.75. The van der Waals surface area contributed by atoms with E-state index in [4.69, 9.17) is 5.10 Å². The summed E-state index contributed by atoms with van der Waals surface area (Å²) in [6.07, 6.45) is 3.01. The van der Waals surface area contributed by atoms with E-state index in [1.165, 1.54) is 5.56 Å². The zero-order chi connectivity index (χ0) is 18.2. The summed E-state index contributed by atoms with van der Waals surface area (Å²) in [5.74, 6) is 0.0289. The number of hydrogen-bond donors (Lipinski definition) is 2. The van der Waals surface area contributed by atoms with Gasteiger partial charge in [-0.05, 0) is 23.4 Å². The van der Waals surface area contributed by atoms with Crippen LogP contribution in [0.15, 0.2) is 54.0 Å². The molecule has 2 N–H and O–H groups in total. The number of aromatic nitrogens is 2. The van der Waals surface area contributed by atoms with Gasteiger partial charge in [-0.3, -0.25) is 9.48 Å². The molecule has 136 valence electrons. The highest BCUT2D eigenvalue weighted by molar-refractivity contribution is 7.13. The molecule has 2 heterocycles. The molecule has 0 aliphatic carbocycles. The standard InChI is InChI=1S/C20H24N4OS/c1-2-10-22-19(25)13-21-12-17-15-24(14-16-7-4-3-5-8-16)23-20(17)18-9-6-11-26-18/h3-9,11,15,21H,2,10,12-14H2,1H3,(H,22,25). The fourth-order valence-electron chi connectivity index (χ4n) is 2.70. The number of carbonyl (C=O) groups is 1. The van der Waals surface area contributed by atoms with E-state index in [1.807, 2.05) is 35.9 Å². The van der Waals surface area contributed by atoms with Gasteiger partial charge in [0.25, 0.3) is 0 Å². The Balaban J connectivity index is 1.69. The molecule has 0 saturated heterocycles. The maximum Gasteiger partial charge on any atom is 0.233 e. The maximum absolute atomic E-state index is 11.8. The summed E-state index contributed by atoms with van der Waals surface area (Å²) >= 11 is 1.68. The monoisotopic (exact) mass is 368 g/mol. The third-order valence-corrected chi connectivity index (χ3v) is 4.83. The van der Waals surface area contributed by atoms with Gasteiger partial charge in [0, 0.05) is 24.8 Å². The zero-order valence-electron chi connectivity index (χ0n) is 14.9. The van der Waals surface area contributed by atoms with E-state index < -0.39 is 0 Å². The van der Waals surface area contributed by atoms with Crippen LogP contribution in [0.1, 0.15) is 24.5 Å². The van der Waals surface area contributed by atoms with Gasteiger partial charge in [-0.15, -0.1) is 11.3 Å². The molecule has 0 bridgehead atoms. The Kier molecular flexibility index (Phi) is 6.57. The second kappa shape index (κ2) is 9.31. The Labute approximate surface area is 158 Å². The first kappa shape index (κ1) is 18.4. The average molecular weight is 369 g/mol. The lowest BCUT2D eigenvalue weighted by molar-refractivity contribution is -0.120. The Bertz CT molecular complexity index is 812. The molecule has 2 aromatic heterocycles. The van der Waals surface area contributed by atoms with Crippen LogP contribution >= 0.6 is 11.3 Å². The van der Waals surface area contributed by atoms with E-state index in [-0.39, 0.29) is 5.91 Å². The van der Waals surface area contributed by atoms with Crippen molar-refractivity contribution >= 4 is 17.2 Å². The molecule has 1 amide bonds. The first-order valence-electron chi connectivity index (χ1n) is 8.88. The van der Waals surface area contributed by atoms with E-state index >= 15 is 0 Å². The van der Waals surface area contributed by atoms with Crippen molar-refractivity contribution in [3.8, 4) is 10.6 Å². The lowest BCUT2D eigenvalue weighted by Gasteiger charge is -2.05. The number of carbonyl (C=O) groups excluding carboxylic acids is 1. The summed E-state index contributed by atoms with van der Waals surface area (Å²) in [5, 5.41) is 12.9. The van der Waals surface area contributed by atoms with Gasteiger partial charge in [0.15, 0.2) is 0 Å². The Morgan fingerprint density at radius 3 is 2.77 bits per heavy atom. The summed E-state index contributed by atoms with van der Waals surface area (Å²) in [6, 6.07) is 14.4. The van der Waals surface area contributed by atoms with Crippen LogP contribution in [0.4, 0.5) is 0 Å². The van der Waals surface area contributed by atoms with Gasteiger partial charge in [-0.2, -0.15) is 5.10 Å². The van der Waals surface area contributed by atoms with E-state index in [0.717, 1.165) is 35.6 Å². The largest absolute Gasteiger partial charge is 0.355 e. The molecule has 26 heavy (non-hydrogen) atoms. The second-order valence-corrected chi connectivity index (χ2v) is 7.06. The predicted molar refractivity (Wildman–Crippen MR) is 106 cm³/mol. The highest BCUT2D eigenvalue weighted by Crippen LogP contribution is 2.26. The fraction of sp³-hybridized carbons (Fsp3) is 0.300. The van der Waals surface area contributed by atoms with Gasteiger partial charge in [-0.25, -0.2) is 0 Å². The smallest absolute Gasteiger partial charge is 0.233 e. The molecular formula is C20H24N4OS. The number of amides is 1. The van der Waals surface area contributed by atoms with Gasteiger partial charge < -0.3 is 10.6 Å². The van der Waals surface area contributed by atoms with E-state index in [2.05, 4.69) is 40.4 Å². The van der Waals surface area contributed by atoms with Crippen molar-refractivity contribution < 1.29 is 4.79 Å². The van der Waals surface area contributed by atoms with Crippen LogP contribution in [0.25, 0.3) is 10.6 Å². The Morgan fingerprint density at radius 2 is 2.04 bits per heavy atom. The molecule has 0 aliphatic rings. The summed E-state index contributed by atoms with van der Waals surface area (Å²) in [7, 11) is 0. The first-order chi connectivity index (χ1) is 12.8. The second-order valence-electron chi connectivity index (χ2n) is 6.12. The summed E-state index contributed by atoms with van der Waals surface area (Å²) < 4.78 is 1.97. The van der Waals surface area contributed by atoms with Crippen molar-refractivity contribution in [2.24, 2.45) is 0 Å². The Morgan fingerprint density at radius 1 is 1.19 bits per heavy atom. The number of thiophene rings is 1. The van der Waals surface area contributed by atoms with Crippen molar-refractivity contribution in [1.29, 1.82) is 0 Å². The quantitative estimate of drug-likeness (QED) is 0.609. The summed E-state index contributed by atoms with van der Waals surface area (Å²) in [6.45, 7) is 4.42. The van der Waals surface area contributed by atoms with Crippen LogP contribution in [0.5, 0.6) is 0 Å². The minimum atomic E-state index is 0.0289. The van der Waals surface area contributed by atoms with Crippen LogP contribution < -0.4 is 10.6 Å². The Hall–Kier alpha value is -2.44. The molecule has 0 aliphatic heterocycles. The SMILES string of the molecule is CCCNC(=O)CNCc1cn(Cc2ccccc2)nc1-c1cccs1. The number of rotatable bonds is 9. The van der Waals surface area contributed by atoms with E-state index in [9.17, 15) is 4.79 Å². The number of nitrogens with zero attached hydrogens (tertiary/aromatic N) is 2. The van der Waals surface area contributed by atoms with Gasteiger partial charge >= 0.3 is 0 Å².